The summed E-state index contributed by atoms with van der Waals surface area (Å²) in [7, 11) is 1.60. The van der Waals surface area contributed by atoms with Crippen LogP contribution in [0.3, 0.4) is 0 Å². The maximum Gasteiger partial charge on any atom is 0.259 e. The summed E-state index contributed by atoms with van der Waals surface area (Å²) >= 11 is 0. The van der Waals surface area contributed by atoms with Gasteiger partial charge in [-0.05, 0) is 37.4 Å². The molecular weight excluding hydrogens is 262 g/mol. The zero-order chi connectivity index (χ0) is 14.7. The summed E-state index contributed by atoms with van der Waals surface area (Å²) in [5, 5.41) is 0. The molecule has 1 aromatic carbocycles. The average Bonchev–Trinajstić information content (AvgIpc) is 2.46. The predicted octanol–water partition coefficient (Wildman–Crippen LogP) is 2.55. The number of benzene rings is 1. The number of amides is 1. The van der Waals surface area contributed by atoms with Gasteiger partial charge in [-0.2, -0.15) is 0 Å². The molecule has 110 valence electrons. The van der Waals surface area contributed by atoms with Gasteiger partial charge in [-0.15, -0.1) is 0 Å². The monoisotopic (exact) mass is 282 g/mol. The van der Waals surface area contributed by atoms with E-state index < -0.39 is 23.1 Å². The van der Waals surface area contributed by atoms with E-state index in [1.54, 1.807) is 7.05 Å². The third kappa shape index (κ3) is 2.82. The van der Waals surface area contributed by atoms with Gasteiger partial charge in [0.05, 0.1) is 0 Å². The molecule has 2 N–H and O–H groups in total. The van der Waals surface area contributed by atoms with Crippen molar-refractivity contribution in [3.8, 4) is 0 Å². The summed E-state index contributed by atoms with van der Waals surface area (Å²) in [4.78, 5) is 13.8. The van der Waals surface area contributed by atoms with Crippen molar-refractivity contribution in [1.82, 2.24) is 4.90 Å². The Bertz CT molecular complexity index is 473. The fourth-order valence-electron chi connectivity index (χ4n) is 3.00. The molecule has 0 aromatic heterocycles. The highest BCUT2D eigenvalue weighted by atomic mass is 19.1. The van der Waals surface area contributed by atoms with Crippen molar-refractivity contribution in [2.24, 2.45) is 11.7 Å². The van der Waals surface area contributed by atoms with Crippen LogP contribution < -0.4 is 5.73 Å². The summed E-state index contributed by atoms with van der Waals surface area (Å²) in [5.74, 6) is -2.04. The van der Waals surface area contributed by atoms with E-state index in [0.717, 1.165) is 37.8 Å². The molecule has 1 saturated carbocycles. The van der Waals surface area contributed by atoms with Crippen molar-refractivity contribution in [2.45, 2.75) is 31.7 Å². The van der Waals surface area contributed by atoms with Crippen molar-refractivity contribution in [2.75, 3.05) is 13.6 Å². The van der Waals surface area contributed by atoms with E-state index in [2.05, 4.69) is 0 Å². The number of nitrogens with zero attached hydrogens (tertiary/aromatic N) is 1. The number of nitrogens with two attached hydrogens (primary N) is 1. The van der Waals surface area contributed by atoms with Gasteiger partial charge in [-0.1, -0.05) is 18.9 Å². The average molecular weight is 282 g/mol. The summed E-state index contributed by atoms with van der Waals surface area (Å²) in [6.45, 7) is 0.488. The highest BCUT2D eigenvalue weighted by molar-refractivity contribution is 5.94. The molecule has 1 fully saturated rings. The lowest BCUT2D eigenvalue weighted by molar-refractivity contribution is 0.0610. The van der Waals surface area contributed by atoms with Crippen molar-refractivity contribution in [3.05, 3.63) is 35.4 Å². The Balaban J connectivity index is 2.23. The fourth-order valence-corrected chi connectivity index (χ4v) is 3.00. The molecule has 0 heterocycles. The molecular formula is C15H20F2N2O. The molecule has 2 unspecified atom stereocenters. The van der Waals surface area contributed by atoms with Gasteiger partial charge in [-0.3, -0.25) is 4.79 Å². The Hall–Kier alpha value is -1.49. The number of rotatable bonds is 3. The number of carbonyl (C=O) groups is 1. The molecule has 1 aromatic rings. The van der Waals surface area contributed by atoms with Crippen LogP contribution >= 0.6 is 0 Å². The standard InChI is InChI=1S/C15H20F2N2O/c1-19(13-8-3-2-5-10(13)9-18)15(20)14-11(16)6-4-7-12(14)17/h4,6-7,10,13H,2-3,5,8-9,18H2,1H3. The van der Waals surface area contributed by atoms with E-state index >= 15 is 0 Å². The first-order valence-electron chi connectivity index (χ1n) is 6.97. The second-order valence-electron chi connectivity index (χ2n) is 5.36. The maximum atomic E-state index is 13.7. The van der Waals surface area contributed by atoms with Crippen LogP contribution in [0, 0.1) is 17.6 Å². The zero-order valence-electron chi connectivity index (χ0n) is 11.6. The summed E-state index contributed by atoms with van der Waals surface area (Å²) in [5.41, 5.74) is 5.27. The molecule has 3 nitrogen and oxygen atoms in total. The lowest BCUT2D eigenvalue weighted by atomic mass is 9.83. The van der Waals surface area contributed by atoms with Crippen LogP contribution in [0.1, 0.15) is 36.0 Å². The Morgan fingerprint density at radius 1 is 1.30 bits per heavy atom. The third-order valence-corrected chi connectivity index (χ3v) is 4.17. The SMILES string of the molecule is CN(C(=O)c1c(F)cccc1F)C1CCCCC1CN. The lowest BCUT2D eigenvalue weighted by Gasteiger charge is -2.37. The molecule has 1 aliphatic rings. The van der Waals surface area contributed by atoms with Crippen LogP contribution in [0.4, 0.5) is 8.78 Å². The van der Waals surface area contributed by atoms with Crippen LogP contribution in [0.15, 0.2) is 18.2 Å². The van der Waals surface area contributed by atoms with Crippen LogP contribution in [0.2, 0.25) is 0 Å². The Labute approximate surface area is 117 Å². The smallest absolute Gasteiger partial charge is 0.259 e. The van der Waals surface area contributed by atoms with Crippen molar-refractivity contribution in [3.63, 3.8) is 0 Å². The molecule has 2 atom stereocenters. The highest BCUT2D eigenvalue weighted by Crippen LogP contribution is 2.28. The largest absolute Gasteiger partial charge is 0.338 e. The minimum absolute atomic E-state index is 0.0414. The number of halogens is 2. The Kier molecular flexibility index (Phi) is 4.70. The molecule has 0 aliphatic heterocycles. The first-order chi connectivity index (χ1) is 9.56. The Morgan fingerprint density at radius 3 is 2.50 bits per heavy atom. The Morgan fingerprint density at radius 2 is 1.90 bits per heavy atom. The van der Waals surface area contributed by atoms with Gasteiger partial charge < -0.3 is 10.6 Å². The van der Waals surface area contributed by atoms with Crippen LogP contribution in [0.25, 0.3) is 0 Å². The molecule has 20 heavy (non-hydrogen) atoms. The third-order valence-electron chi connectivity index (χ3n) is 4.17. The predicted molar refractivity (Wildman–Crippen MR) is 73.3 cm³/mol. The van der Waals surface area contributed by atoms with Crippen LogP contribution in [0.5, 0.6) is 0 Å². The van der Waals surface area contributed by atoms with Crippen molar-refractivity contribution >= 4 is 5.91 Å². The highest BCUT2D eigenvalue weighted by Gasteiger charge is 2.32. The number of hydrogen-bond donors (Lipinski definition) is 1. The number of hydrogen-bond acceptors (Lipinski definition) is 2. The van der Waals surface area contributed by atoms with Gasteiger partial charge >= 0.3 is 0 Å². The van der Waals surface area contributed by atoms with Gasteiger partial charge in [0.15, 0.2) is 0 Å². The summed E-state index contributed by atoms with van der Waals surface area (Å²) in [6, 6.07) is 3.42. The molecule has 0 spiro atoms. The summed E-state index contributed by atoms with van der Waals surface area (Å²) < 4.78 is 27.4. The van der Waals surface area contributed by atoms with E-state index in [9.17, 15) is 13.6 Å². The molecule has 2 rings (SSSR count). The van der Waals surface area contributed by atoms with Crippen molar-refractivity contribution < 1.29 is 13.6 Å². The van der Waals surface area contributed by atoms with Gasteiger partial charge in [0.1, 0.15) is 17.2 Å². The van der Waals surface area contributed by atoms with Gasteiger partial charge in [-0.25, -0.2) is 8.78 Å². The molecule has 1 aliphatic carbocycles. The van der Waals surface area contributed by atoms with Crippen LogP contribution in [-0.4, -0.2) is 30.4 Å². The minimum Gasteiger partial charge on any atom is -0.338 e. The van der Waals surface area contributed by atoms with Crippen LogP contribution in [-0.2, 0) is 0 Å². The maximum absolute atomic E-state index is 13.7. The number of carbonyl (C=O) groups excluding carboxylic acids is 1. The molecule has 0 bridgehead atoms. The van der Waals surface area contributed by atoms with Gasteiger partial charge in [0, 0.05) is 13.1 Å². The first-order valence-corrected chi connectivity index (χ1v) is 6.97. The zero-order valence-corrected chi connectivity index (χ0v) is 11.6. The molecule has 0 radical (unpaired) electrons. The van der Waals surface area contributed by atoms with E-state index in [-0.39, 0.29) is 12.0 Å². The fraction of sp³-hybridized carbons (Fsp3) is 0.533. The first kappa shape index (κ1) is 14.9. The van der Waals surface area contributed by atoms with E-state index in [4.69, 9.17) is 5.73 Å². The normalized spacial score (nSPS) is 22.6. The molecule has 0 saturated heterocycles. The second kappa shape index (κ2) is 6.31. The van der Waals surface area contributed by atoms with Gasteiger partial charge in [0.25, 0.3) is 5.91 Å². The topological polar surface area (TPSA) is 46.3 Å². The quantitative estimate of drug-likeness (QED) is 0.926. The molecule has 1 amide bonds. The summed E-state index contributed by atoms with van der Waals surface area (Å²) in [6.07, 6.45) is 3.89. The van der Waals surface area contributed by atoms with E-state index in [0.29, 0.717) is 6.54 Å². The lowest BCUT2D eigenvalue weighted by Crippen LogP contribution is -2.46. The van der Waals surface area contributed by atoms with E-state index in [1.165, 1.54) is 11.0 Å². The van der Waals surface area contributed by atoms with Crippen molar-refractivity contribution in [1.29, 1.82) is 0 Å². The minimum atomic E-state index is -0.818. The van der Waals surface area contributed by atoms with E-state index in [1.807, 2.05) is 0 Å². The van der Waals surface area contributed by atoms with Gasteiger partial charge in [0.2, 0.25) is 0 Å². The molecule has 5 heteroatoms. The second-order valence-corrected chi connectivity index (χ2v) is 5.36.